The number of carbonyl (C=O) groups is 1. The number of rotatable bonds is 5. The van der Waals surface area contributed by atoms with Crippen molar-refractivity contribution in [1.29, 1.82) is 0 Å². The molecular weight excluding hydrogens is 424 g/mol. The smallest absolute Gasteiger partial charge is 0.251 e. The number of aryl methyl sites for hydroxylation is 3. The zero-order valence-electron chi connectivity index (χ0n) is 19.4. The van der Waals surface area contributed by atoms with E-state index in [1.807, 2.05) is 60.4 Å². The van der Waals surface area contributed by atoms with Crippen LogP contribution in [0.5, 0.6) is 0 Å². The van der Waals surface area contributed by atoms with Crippen LogP contribution in [0.4, 0.5) is 11.6 Å². The van der Waals surface area contributed by atoms with E-state index >= 15 is 0 Å². The molecule has 0 aliphatic carbocycles. The Labute approximate surface area is 198 Å². The Morgan fingerprint density at radius 2 is 1.71 bits per heavy atom. The molecule has 2 heterocycles. The monoisotopic (exact) mass is 450 g/mol. The molecule has 0 fully saturated rings. The third kappa shape index (κ3) is 4.20. The number of hydrogen-bond donors (Lipinski definition) is 1. The predicted molar refractivity (Wildman–Crippen MR) is 133 cm³/mol. The van der Waals surface area contributed by atoms with Gasteiger partial charge in [0.2, 0.25) is 5.91 Å². The zero-order chi connectivity index (χ0) is 23.7. The number of nitrogens with zero attached hydrogens (tertiary/aromatic N) is 5. The predicted octanol–water partition coefficient (Wildman–Crippen LogP) is 4.69. The van der Waals surface area contributed by atoms with Crippen molar-refractivity contribution in [2.24, 2.45) is 0 Å². The summed E-state index contributed by atoms with van der Waals surface area (Å²) in [5, 5.41) is 15.5. The molecule has 5 rings (SSSR count). The highest BCUT2D eigenvalue weighted by molar-refractivity contribution is 5.97. The van der Waals surface area contributed by atoms with E-state index in [0.29, 0.717) is 5.95 Å². The molecule has 170 valence electrons. The number of benzene rings is 3. The molecule has 0 unspecified atom stereocenters. The summed E-state index contributed by atoms with van der Waals surface area (Å²) < 4.78 is 1.76. The van der Waals surface area contributed by atoms with Crippen LogP contribution in [0.2, 0.25) is 0 Å². The third-order valence-electron chi connectivity index (χ3n) is 6.17. The lowest BCUT2D eigenvalue weighted by Crippen LogP contribution is -2.37. The number of amides is 1. The number of carbonyl (C=O) groups excluding carboxylic acids is 1. The highest BCUT2D eigenvalue weighted by Crippen LogP contribution is 2.36. The standard InChI is InChI=1S/C27H26N6O/c1-18-9-12-22(13-10-18)25-16-24(21-7-5-4-6-8-21)32(27-29-30-31-33(25)27)17-26(34)28-23-14-11-19(2)20(3)15-23/h4-16,25H,17H2,1-3H3,(H,28,34)/t25-/m1/s1. The van der Waals surface area contributed by atoms with Gasteiger partial charge in [0.15, 0.2) is 0 Å². The summed E-state index contributed by atoms with van der Waals surface area (Å²) in [4.78, 5) is 15.0. The van der Waals surface area contributed by atoms with Crippen molar-refractivity contribution in [3.63, 3.8) is 0 Å². The van der Waals surface area contributed by atoms with Crippen molar-refractivity contribution in [1.82, 2.24) is 20.2 Å². The van der Waals surface area contributed by atoms with Crippen LogP contribution in [0.25, 0.3) is 5.70 Å². The Morgan fingerprint density at radius 3 is 2.44 bits per heavy atom. The molecule has 1 aliphatic heterocycles. The molecule has 0 bridgehead atoms. The molecular formula is C27H26N6O. The fourth-order valence-electron chi connectivity index (χ4n) is 4.15. The van der Waals surface area contributed by atoms with E-state index in [1.54, 1.807) is 4.68 Å². The van der Waals surface area contributed by atoms with E-state index in [4.69, 9.17) is 0 Å². The first kappa shape index (κ1) is 21.6. The second-order valence-corrected chi connectivity index (χ2v) is 8.63. The molecule has 1 amide bonds. The fourth-order valence-corrected chi connectivity index (χ4v) is 4.15. The maximum atomic E-state index is 13.1. The van der Waals surface area contributed by atoms with Crippen LogP contribution in [0.15, 0.2) is 78.9 Å². The zero-order valence-corrected chi connectivity index (χ0v) is 19.4. The van der Waals surface area contributed by atoms with Crippen molar-refractivity contribution in [3.05, 3.63) is 107 Å². The van der Waals surface area contributed by atoms with Gasteiger partial charge >= 0.3 is 0 Å². The largest absolute Gasteiger partial charge is 0.325 e. The van der Waals surface area contributed by atoms with Crippen molar-refractivity contribution >= 4 is 23.2 Å². The summed E-state index contributed by atoms with van der Waals surface area (Å²) in [5.41, 5.74) is 7.24. The second kappa shape index (κ2) is 8.94. The van der Waals surface area contributed by atoms with E-state index in [2.05, 4.69) is 65.0 Å². The van der Waals surface area contributed by atoms with E-state index in [-0.39, 0.29) is 18.5 Å². The first-order valence-corrected chi connectivity index (χ1v) is 11.3. The number of anilines is 2. The Morgan fingerprint density at radius 1 is 0.941 bits per heavy atom. The Kier molecular flexibility index (Phi) is 5.67. The van der Waals surface area contributed by atoms with Gasteiger partial charge in [-0.15, -0.1) is 0 Å². The number of nitrogens with one attached hydrogen (secondary N) is 1. The van der Waals surface area contributed by atoms with Gasteiger partial charge in [-0.1, -0.05) is 71.3 Å². The second-order valence-electron chi connectivity index (χ2n) is 8.63. The van der Waals surface area contributed by atoms with Crippen LogP contribution >= 0.6 is 0 Å². The number of hydrogen-bond acceptors (Lipinski definition) is 5. The molecule has 3 aromatic carbocycles. The van der Waals surface area contributed by atoms with Crippen LogP contribution in [0.3, 0.4) is 0 Å². The van der Waals surface area contributed by atoms with Gasteiger partial charge in [0.05, 0.1) is 5.70 Å². The van der Waals surface area contributed by atoms with E-state index in [0.717, 1.165) is 28.1 Å². The topological polar surface area (TPSA) is 75.9 Å². The lowest BCUT2D eigenvalue weighted by atomic mass is 10.00. The molecule has 0 saturated carbocycles. The van der Waals surface area contributed by atoms with E-state index < -0.39 is 0 Å². The lowest BCUT2D eigenvalue weighted by Gasteiger charge is -2.32. The molecule has 1 aliphatic rings. The Bertz CT molecular complexity index is 1360. The van der Waals surface area contributed by atoms with Crippen molar-refractivity contribution in [3.8, 4) is 0 Å². The van der Waals surface area contributed by atoms with Crippen LogP contribution in [0.1, 0.15) is 33.9 Å². The Balaban J connectivity index is 1.51. The highest BCUT2D eigenvalue weighted by atomic mass is 16.2. The van der Waals surface area contributed by atoms with Crippen LogP contribution in [0, 0.1) is 20.8 Å². The maximum absolute atomic E-state index is 13.1. The Hall–Kier alpha value is -4.26. The normalized spacial score (nSPS) is 15.0. The molecule has 1 atom stereocenters. The molecule has 1 N–H and O–H groups in total. The average molecular weight is 451 g/mol. The quantitative estimate of drug-likeness (QED) is 0.478. The van der Waals surface area contributed by atoms with Gasteiger partial charge in [-0.05, 0) is 71.7 Å². The summed E-state index contributed by atoms with van der Waals surface area (Å²) in [6.45, 7) is 6.23. The maximum Gasteiger partial charge on any atom is 0.251 e. The molecule has 7 heteroatoms. The number of allylic oxidation sites excluding steroid dienone is 1. The fraction of sp³-hybridized carbons (Fsp3) is 0.185. The van der Waals surface area contributed by atoms with Gasteiger partial charge in [-0.2, -0.15) is 4.68 Å². The summed E-state index contributed by atoms with van der Waals surface area (Å²) in [6.07, 6.45) is 2.12. The highest BCUT2D eigenvalue weighted by Gasteiger charge is 2.31. The van der Waals surface area contributed by atoms with Crippen LogP contribution in [-0.4, -0.2) is 32.7 Å². The molecule has 4 aromatic rings. The molecule has 0 spiro atoms. The van der Waals surface area contributed by atoms with Crippen LogP contribution < -0.4 is 10.2 Å². The minimum Gasteiger partial charge on any atom is -0.325 e. The van der Waals surface area contributed by atoms with Crippen molar-refractivity contribution in [2.45, 2.75) is 26.8 Å². The molecule has 34 heavy (non-hydrogen) atoms. The number of tetrazole rings is 1. The lowest BCUT2D eigenvalue weighted by molar-refractivity contribution is -0.114. The third-order valence-corrected chi connectivity index (χ3v) is 6.17. The van der Waals surface area contributed by atoms with Gasteiger partial charge in [-0.3, -0.25) is 9.69 Å². The average Bonchev–Trinajstić information content (AvgIpc) is 3.33. The summed E-state index contributed by atoms with van der Waals surface area (Å²) >= 11 is 0. The van der Waals surface area contributed by atoms with Crippen LogP contribution in [-0.2, 0) is 4.79 Å². The van der Waals surface area contributed by atoms with Gasteiger partial charge in [0.25, 0.3) is 5.95 Å². The van der Waals surface area contributed by atoms with Crippen molar-refractivity contribution < 1.29 is 4.79 Å². The summed E-state index contributed by atoms with van der Waals surface area (Å²) in [7, 11) is 0. The summed E-state index contributed by atoms with van der Waals surface area (Å²) in [6, 6.07) is 24.1. The minimum atomic E-state index is -0.181. The number of fused-ring (bicyclic) bond motifs is 1. The first-order chi connectivity index (χ1) is 16.5. The SMILES string of the molecule is Cc1ccc([C@H]2C=C(c3ccccc3)N(CC(=O)Nc3ccc(C)c(C)c3)c3nnnn32)cc1. The van der Waals surface area contributed by atoms with Gasteiger partial charge < -0.3 is 5.32 Å². The van der Waals surface area contributed by atoms with Gasteiger partial charge in [-0.25, -0.2) is 0 Å². The van der Waals surface area contributed by atoms with E-state index in [1.165, 1.54) is 11.1 Å². The van der Waals surface area contributed by atoms with Gasteiger partial charge in [0.1, 0.15) is 12.6 Å². The summed E-state index contributed by atoms with van der Waals surface area (Å²) in [5.74, 6) is 0.385. The molecule has 1 aromatic heterocycles. The first-order valence-electron chi connectivity index (χ1n) is 11.3. The molecule has 7 nitrogen and oxygen atoms in total. The van der Waals surface area contributed by atoms with Crippen molar-refractivity contribution in [2.75, 3.05) is 16.8 Å². The molecule has 0 saturated heterocycles. The minimum absolute atomic E-state index is 0.0780. The number of aromatic nitrogens is 4. The van der Waals surface area contributed by atoms with Gasteiger partial charge in [0, 0.05) is 5.69 Å². The molecule has 0 radical (unpaired) electrons. The van der Waals surface area contributed by atoms with E-state index in [9.17, 15) is 4.79 Å².